The zero-order chi connectivity index (χ0) is 13.1. The number of carbonyl (C=O) groups is 1. The standard InChI is InChI=1S/C14H14FNO2/c1-9-3-8-12(14(17)18-2)13(16-9)10-4-6-11(15)7-5-10/h3-8,12-13H,1-2H3. The summed E-state index contributed by atoms with van der Waals surface area (Å²) >= 11 is 0. The number of methoxy groups -OCH3 is 1. The molecule has 0 bridgehead atoms. The minimum atomic E-state index is -0.454. The molecule has 18 heavy (non-hydrogen) atoms. The van der Waals surface area contributed by atoms with Crippen molar-refractivity contribution in [1.82, 2.24) is 0 Å². The highest BCUT2D eigenvalue weighted by molar-refractivity contribution is 5.95. The fourth-order valence-electron chi connectivity index (χ4n) is 1.98. The van der Waals surface area contributed by atoms with Crippen LogP contribution in [0.3, 0.4) is 0 Å². The predicted molar refractivity (Wildman–Crippen MR) is 66.9 cm³/mol. The van der Waals surface area contributed by atoms with Crippen molar-refractivity contribution in [3.63, 3.8) is 0 Å². The Morgan fingerprint density at radius 2 is 2.00 bits per heavy atom. The monoisotopic (exact) mass is 247 g/mol. The Bertz CT molecular complexity index is 505. The summed E-state index contributed by atoms with van der Waals surface area (Å²) in [6.07, 6.45) is 3.57. The van der Waals surface area contributed by atoms with Gasteiger partial charge in [-0.1, -0.05) is 18.2 Å². The number of hydrogen-bond acceptors (Lipinski definition) is 3. The van der Waals surface area contributed by atoms with Gasteiger partial charge in [0.25, 0.3) is 0 Å². The summed E-state index contributed by atoms with van der Waals surface area (Å²) in [4.78, 5) is 16.1. The lowest BCUT2D eigenvalue weighted by molar-refractivity contribution is -0.144. The van der Waals surface area contributed by atoms with E-state index in [0.29, 0.717) is 0 Å². The topological polar surface area (TPSA) is 38.7 Å². The quantitative estimate of drug-likeness (QED) is 0.754. The van der Waals surface area contributed by atoms with Gasteiger partial charge in [-0.25, -0.2) is 4.39 Å². The van der Waals surface area contributed by atoms with E-state index in [9.17, 15) is 9.18 Å². The molecule has 2 rings (SSSR count). The number of aliphatic imine (C=N–C) groups is 1. The average molecular weight is 247 g/mol. The highest BCUT2D eigenvalue weighted by Crippen LogP contribution is 2.31. The molecule has 0 aromatic heterocycles. The highest BCUT2D eigenvalue weighted by atomic mass is 19.1. The number of hydrogen-bond donors (Lipinski definition) is 0. The summed E-state index contributed by atoms with van der Waals surface area (Å²) in [6, 6.07) is 5.68. The van der Waals surface area contributed by atoms with E-state index in [-0.39, 0.29) is 17.8 Å². The molecule has 4 heteroatoms. The molecule has 1 aromatic rings. The Morgan fingerprint density at radius 3 is 2.61 bits per heavy atom. The predicted octanol–water partition coefficient (Wildman–Crippen LogP) is 2.69. The van der Waals surface area contributed by atoms with Crippen LogP contribution in [0.4, 0.5) is 4.39 Å². The fourth-order valence-corrected chi connectivity index (χ4v) is 1.98. The van der Waals surface area contributed by atoms with E-state index in [0.717, 1.165) is 11.3 Å². The maximum Gasteiger partial charge on any atom is 0.315 e. The summed E-state index contributed by atoms with van der Waals surface area (Å²) < 4.78 is 17.7. The van der Waals surface area contributed by atoms with Crippen molar-refractivity contribution in [3.8, 4) is 0 Å². The number of benzene rings is 1. The number of dihydropyridines is 1. The van der Waals surface area contributed by atoms with Crippen LogP contribution >= 0.6 is 0 Å². The number of halogens is 1. The number of ether oxygens (including phenoxy) is 1. The van der Waals surface area contributed by atoms with E-state index in [4.69, 9.17) is 4.74 Å². The second kappa shape index (κ2) is 5.12. The van der Waals surface area contributed by atoms with E-state index in [1.165, 1.54) is 19.2 Å². The Hall–Kier alpha value is -1.97. The van der Waals surface area contributed by atoms with E-state index < -0.39 is 5.92 Å². The zero-order valence-corrected chi connectivity index (χ0v) is 10.3. The van der Waals surface area contributed by atoms with Gasteiger partial charge in [0, 0.05) is 5.71 Å². The molecule has 1 heterocycles. The molecule has 3 nitrogen and oxygen atoms in total. The minimum Gasteiger partial charge on any atom is -0.468 e. The highest BCUT2D eigenvalue weighted by Gasteiger charge is 2.30. The van der Waals surface area contributed by atoms with Crippen molar-refractivity contribution >= 4 is 11.7 Å². The Balaban J connectivity index is 2.35. The van der Waals surface area contributed by atoms with Gasteiger partial charge in [0.05, 0.1) is 13.2 Å². The van der Waals surface area contributed by atoms with Crippen molar-refractivity contribution in [2.45, 2.75) is 13.0 Å². The molecular weight excluding hydrogens is 233 g/mol. The molecule has 0 saturated heterocycles. The van der Waals surface area contributed by atoms with Crippen LogP contribution in [0.25, 0.3) is 0 Å². The summed E-state index contributed by atoms with van der Waals surface area (Å²) in [6.45, 7) is 1.86. The van der Waals surface area contributed by atoms with Gasteiger partial charge in [-0.2, -0.15) is 0 Å². The van der Waals surface area contributed by atoms with Gasteiger partial charge in [0.2, 0.25) is 0 Å². The lowest BCUT2D eigenvalue weighted by Gasteiger charge is -2.23. The molecule has 1 aliphatic rings. The third-order valence-electron chi connectivity index (χ3n) is 2.91. The van der Waals surface area contributed by atoms with Crippen molar-refractivity contribution in [2.24, 2.45) is 10.9 Å². The smallest absolute Gasteiger partial charge is 0.315 e. The molecule has 2 unspecified atom stereocenters. The lowest BCUT2D eigenvalue weighted by atomic mass is 9.90. The summed E-state index contributed by atoms with van der Waals surface area (Å²) in [7, 11) is 1.35. The van der Waals surface area contributed by atoms with Gasteiger partial charge in [-0.15, -0.1) is 0 Å². The van der Waals surface area contributed by atoms with Gasteiger partial charge in [0.15, 0.2) is 0 Å². The molecule has 1 aliphatic heterocycles. The molecule has 94 valence electrons. The van der Waals surface area contributed by atoms with Crippen LogP contribution in [0.15, 0.2) is 41.4 Å². The second-order valence-electron chi connectivity index (χ2n) is 4.17. The van der Waals surface area contributed by atoms with E-state index >= 15 is 0 Å². The third kappa shape index (κ3) is 2.47. The summed E-state index contributed by atoms with van der Waals surface area (Å²) in [5, 5.41) is 0. The largest absolute Gasteiger partial charge is 0.468 e. The number of nitrogens with zero attached hydrogens (tertiary/aromatic N) is 1. The Morgan fingerprint density at radius 1 is 1.33 bits per heavy atom. The fraction of sp³-hybridized carbons (Fsp3) is 0.286. The SMILES string of the molecule is COC(=O)C1C=CC(C)=NC1c1ccc(F)cc1. The van der Waals surface area contributed by atoms with Crippen molar-refractivity contribution < 1.29 is 13.9 Å². The van der Waals surface area contributed by atoms with Crippen LogP contribution in [-0.4, -0.2) is 18.8 Å². The third-order valence-corrected chi connectivity index (χ3v) is 2.91. The van der Waals surface area contributed by atoms with Crippen molar-refractivity contribution in [2.75, 3.05) is 7.11 Å². The van der Waals surface area contributed by atoms with Crippen LogP contribution in [0, 0.1) is 11.7 Å². The first-order chi connectivity index (χ1) is 8.61. The first-order valence-electron chi connectivity index (χ1n) is 5.67. The molecular formula is C14H14FNO2. The molecule has 2 atom stereocenters. The van der Waals surface area contributed by atoms with Crippen LogP contribution in [0.1, 0.15) is 18.5 Å². The van der Waals surface area contributed by atoms with Gasteiger partial charge in [-0.3, -0.25) is 9.79 Å². The molecule has 0 radical (unpaired) electrons. The molecule has 0 fully saturated rings. The first kappa shape index (κ1) is 12.5. The van der Waals surface area contributed by atoms with Gasteiger partial charge in [-0.05, 0) is 30.7 Å². The normalized spacial score (nSPS) is 22.5. The number of carbonyl (C=O) groups excluding carboxylic acids is 1. The minimum absolute atomic E-state index is 0.305. The van der Waals surface area contributed by atoms with E-state index in [2.05, 4.69) is 4.99 Å². The maximum absolute atomic E-state index is 12.9. The van der Waals surface area contributed by atoms with Gasteiger partial charge >= 0.3 is 5.97 Å². The van der Waals surface area contributed by atoms with Gasteiger partial charge in [0.1, 0.15) is 11.7 Å². The molecule has 1 aromatic carbocycles. The molecule has 0 spiro atoms. The Labute approximate surface area is 105 Å². The molecule has 0 aliphatic carbocycles. The van der Waals surface area contributed by atoms with E-state index in [1.807, 2.05) is 6.92 Å². The van der Waals surface area contributed by atoms with Gasteiger partial charge < -0.3 is 4.74 Å². The van der Waals surface area contributed by atoms with Crippen LogP contribution < -0.4 is 0 Å². The summed E-state index contributed by atoms with van der Waals surface area (Å²) in [5.41, 5.74) is 1.64. The lowest BCUT2D eigenvalue weighted by Crippen LogP contribution is -2.24. The zero-order valence-electron chi connectivity index (χ0n) is 10.3. The maximum atomic E-state index is 12.9. The number of allylic oxidation sites excluding steroid dienone is 1. The molecule has 0 amide bonds. The number of esters is 1. The van der Waals surface area contributed by atoms with Crippen molar-refractivity contribution in [3.05, 3.63) is 47.8 Å². The number of rotatable bonds is 2. The second-order valence-corrected chi connectivity index (χ2v) is 4.17. The Kier molecular flexibility index (Phi) is 3.55. The first-order valence-corrected chi connectivity index (χ1v) is 5.67. The van der Waals surface area contributed by atoms with E-state index in [1.54, 1.807) is 24.3 Å². The molecule has 0 saturated carbocycles. The molecule has 0 N–H and O–H groups in total. The summed E-state index contributed by atoms with van der Waals surface area (Å²) in [5.74, 6) is -1.10. The average Bonchev–Trinajstić information content (AvgIpc) is 2.38. The van der Waals surface area contributed by atoms with Crippen molar-refractivity contribution in [1.29, 1.82) is 0 Å². The van der Waals surface area contributed by atoms with Crippen LogP contribution in [-0.2, 0) is 9.53 Å². The van der Waals surface area contributed by atoms with Crippen LogP contribution in [0.2, 0.25) is 0 Å². The van der Waals surface area contributed by atoms with Crippen LogP contribution in [0.5, 0.6) is 0 Å².